The molecule has 0 spiro atoms. The molecule has 4 heteroatoms. The third kappa shape index (κ3) is 1.49. The van der Waals surface area contributed by atoms with Gasteiger partial charge in [0.05, 0.1) is 12.1 Å². The molecule has 1 aliphatic heterocycles. The lowest BCUT2D eigenvalue weighted by atomic mass is 9.93. The van der Waals surface area contributed by atoms with Crippen molar-refractivity contribution >= 4 is 18.0 Å². The number of benzene rings is 1. The first-order valence-corrected chi connectivity index (χ1v) is 4.75. The number of β-amino-alcohol motifs (C(OH)–C–C–N with tert-alkyl or cyclic N) is 1. The highest BCUT2D eigenvalue weighted by atomic mass is 35.5. The monoisotopic (exact) mass is 211 g/mol. The van der Waals surface area contributed by atoms with E-state index in [1.54, 1.807) is 17.0 Å². The van der Waals surface area contributed by atoms with Gasteiger partial charge in [-0.05, 0) is 17.7 Å². The number of hydrogen-bond donors (Lipinski definition) is 1. The van der Waals surface area contributed by atoms with Crippen molar-refractivity contribution in [3.8, 4) is 0 Å². The van der Waals surface area contributed by atoms with Crippen LogP contribution in [0.15, 0.2) is 24.3 Å². The van der Waals surface area contributed by atoms with Crippen LogP contribution in [-0.4, -0.2) is 29.1 Å². The number of halogens is 1. The van der Waals surface area contributed by atoms with E-state index in [1.807, 2.05) is 12.1 Å². The number of aliphatic hydroxyl groups excluding tert-OH is 1. The predicted octanol–water partition coefficient (Wildman–Crippen LogP) is 1.21. The van der Waals surface area contributed by atoms with E-state index in [9.17, 15) is 9.90 Å². The van der Waals surface area contributed by atoms with Crippen molar-refractivity contribution in [1.29, 1.82) is 0 Å². The molecule has 1 heterocycles. The number of nitrogens with zero attached hydrogens (tertiary/aromatic N) is 1. The van der Waals surface area contributed by atoms with Crippen LogP contribution in [-0.2, 0) is 4.79 Å². The van der Waals surface area contributed by atoms with Gasteiger partial charge in [0.2, 0.25) is 6.41 Å². The van der Waals surface area contributed by atoms with E-state index < -0.39 is 6.10 Å². The standard InChI is InChI=1S/C10H10ClNO2/c11-8-3-1-7(2-4-8)10-9(14)5-12(10)6-13/h1-4,6,9-10,14H,5H2. The third-order valence-corrected chi connectivity index (χ3v) is 2.72. The lowest BCUT2D eigenvalue weighted by molar-refractivity contribution is -0.137. The summed E-state index contributed by atoms with van der Waals surface area (Å²) < 4.78 is 0. The van der Waals surface area contributed by atoms with Crippen LogP contribution in [0, 0.1) is 0 Å². The normalized spacial score (nSPS) is 25.7. The van der Waals surface area contributed by atoms with Crippen LogP contribution >= 0.6 is 11.6 Å². The molecule has 1 aromatic rings. The second kappa shape index (κ2) is 3.59. The van der Waals surface area contributed by atoms with E-state index in [2.05, 4.69) is 0 Å². The highest BCUT2D eigenvalue weighted by Crippen LogP contribution is 2.32. The van der Waals surface area contributed by atoms with Crippen molar-refractivity contribution in [2.75, 3.05) is 6.54 Å². The van der Waals surface area contributed by atoms with E-state index in [0.717, 1.165) is 12.0 Å². The van der Waals surface area contributed by atoms with Gasteiger partial charge in [0.1, 0.15) is 0 Å². The molecular formula is C10H10ClNO2. The number of aliphatic hydroxyl groups is 1. The molecule has 2 unspecified atom stereocenters. The zero-order valence-electron chi connectivity index (χ0n) is 7.43. The summed E-state index contributed by atoms with van der Waals surface area (Å²) in [7, 11) is 0. The van der Waals surface area contributed by atoms with Crippen molar-refractivity contribution in [1.82, 2.24) is 4.90 Å². The summed E-state index contributed by atoms with van der Waals surface area (Å²) in [5.74, 6) is 0. The maximum absolute atomic E-state index is 10.6. The van der Waals surface area contributed by atoms with Crippen molar-refractivity contribution < 1.29 is 9.90 Å². The number of rotatable bonds is 2. The second-order valence-electron chi connectivity index (χ2n) is 3.37. The maximum atomic E-state index is 10.6. The fourth-order valence-electron chi connectivity index (χ4n) is 1.69. The largest absolute Gasteiger partial charge is 0.389 e. The summed E-state index contributed by atoms with van der Waals surface area (Å²) in [6.45, 7) is 0.413. The van der Waals surface area contributed by atoms with Gasteiger partial charge in [-0.15, -0.1) is 0 Å². The first-order valence-electron chi connectivity index (χ1n) is 4.37. The molecule has 2 rings (SSSR count). The van der Waals surface area contributed by atoms with Gasteiger partial charge in [-0.1, -0.05) is 23.7 Å². The van der Waals surface area contributed by atoms with Gasteiger partial charge in [0, 0.05) is 11.6 Å². The molecule has 1 N–H and O–H groups in total. The Kier molecular flexibility index (Phi) is 2.44. The van der Waals surface area contributed by atoms with Crippen molar-refractivity contribution in [3.63, 3.8) is 0 Å². The molecule has 3 nitrogen and oxygen atoms in total. The Morgan fingerprint density at radius 3 is 2.57 bits per heavy atom. The van der Waals surface area contributed by atoms with E-state index in [-0.39, 0.29) is 6.04 Å². The van der Waals surface area contributed by atoms with Crippen LogP contribution in [0.4, 0.5) is 0 Å². The van der Waals surface area contributed by atoms with E-state index in [4.69, 9.17) is 11.6 Å². The van der Waals surface area contributed by atoms with Crippen LogP contribution < -0.4 is 0 Å². The zero-order chi connectivity index (χ0) is 10.1. The summed E-state index contributed by atoms with van der Waals surface area (Å²) >= 11 is 5.74. The molecule has 0 aliphatic carbocycles. The number of carbonyl (C=O) groups is 1. The average molecular weight is 212 g/mol. The molecule has 1 aromatic carbocycles. The summed E-state index contributed by atoms with van der Waals surface area (Å²) in [5.41, 5.74) is 0.917. The Morgan fingerprint density at radius 2 is 2.07 bits per heavy atom. The minimum absolute atomic E-state index is 0.204. The van der Waals surface area contributed by atoms with Crippen LogP contribution in [0.2, 0.25) is 5.02 Å². The number of hydrogen-bond acceptors (Lipinski definition) is 2. The molecular weight excluding hydrogens is 202 g/mol. The summed E-state index contributed by atoms with van der Waals surface area (Å²) in [6, 6.07) is 6.96. The minimum atomic E-state index is -0.457. The fraction of sp³-hybridized carbons (Fsp3) is 0.300. The SMILES string of the molecule is O=CN1CC(O)C1c1ccc(Cl)cc1. The smallest absolute Gasteiger partial charge is 0.210 e. The highest BCUT2D eigenvalue weighted by molar-refractivity contribution is 6.30. The quantitative estimate of drug-likeness (QED) is 0.748. The zero-order valence-corrected chi connectivity index (χ0v) is 8.19. The summed E-state index contributed by atoms with van der Waals surface area (Å²) in [5, 5.41) is 10.2. The Labute approximate surface area is 86.9 Å². The van der Waals surface area contributed by atoms with Gasteiger partial charge in [0.15, 0.2) is 0 Å². The molecule has 1 fully saturated rings. The highest BCUT2D eigenvalue weighted by Gasteiger charge is 2.37. The molecule has 0 bridgehead atoms. The third-order valence-electron chi connectivity index (χ3n) is 2.47. The summed E-state index contributed by atoms with van der Waals surface area (Å²) in [4.78, 5) is 12.1. The Balaban J connectivity index is 2.21. The molecule has 1 amide bonds. The predicted molar refractivity (Wildman–Crippen MR) is 53.0 cm³/mol. The first-order chi connectivity index (χ1) is 6.72. The Hall–Kier alpha value is -1.06. The van der Waals surface area contributed by atoms with Crippen molar-refractivity contribution in [2.24, 2.45) is 0 Å². The molecule has 1 saturated heterocycles. The fourth-order valence-corrected chi connectivity index (χ4v) is 1.82. The Bertz CT molecular complexity index is 338. The number of amides is 1. The van der Waals surface area contributed by atoms with Crippen molar-refractivity contribution in [2.45, 2.75) is 12.1 Å². The van der Waals surface area contributed by atoms with Crippen LogP contribution in [0.5, 0.6) is 0 Å². The lowest BCUT2D eigenvalue weighted by Gasteiger charge is -2.43. The van der Waals surface area contributed by atoms with Gasteiger partial charge in [-0.2, -0.15) is 0 Å². The van der Waals surface area contributed by atoms with Crippen LogP contribution in [0.25, 0.3) is 0 Å². The number of carbonyl (C=O) groups excluding carboxylic acids is 1. The van der Waals surface area contributed by atoms with E-state index in [0.29, 0.717) is 11.6 Å². The van der Waals surface area contributed by atoms with Crippen LogP contribution in [0.3, 0.4) is 0 Å². The van der Waals surface area contributed by atoms with Crippen LogP contribution in [0.1, 0.15) is 11.6 Å². The molecule has 2 atom stereocenters. The molecule has 0 radical (unpaired) electrons. The van der Waals surface area contributed by atoms with Crippen molar-refractivity contribution in [3.05, 3.63) is 34.9 Å². The minimum Gasteiger partial charge on any atom is -0.389 e. The molecule has 1 aliphatic rings. The van der Waals surface area contributed by atoms with E-state index >= 15 is 0 Å². The van der Waals surface area contributed by atoms with E-state index in [1.165, 1.54) is 0 Å². The molecule has 74 valence electrons. The number of likely N-dealkylation sites (tertiary alicyclic amines) is 1. The van der Waals surface area contributed by atoms with Gasteiger partial charge < -0.3 is 10.0 Å². The molecule has 14 heavy (non-hydrogen) atoms. The van der Waals surface area contributed by atoms with Gasteiger partial charge >= 0.3 is 0 Å². The van der Waals surface area contributed by atoms with Gasteiger partial charge in [0.25, 0.3) is 0 Å². The lowest BCUT2D eigenvalue weighted by Crippen LogP contribution is -2.52. The topological polar surface area (TPSA) is 40.5 Å². The second-order valence-corrected chi connectivity index (χ2v) is 3.80. The average Bonchev–Trinajstić information content (AvgIpc) is 2.17. The Morgan fingerprint density at radius 1 is 1.43 bits per heavy atom. The van der Waals surface area contributed by atoms with Gasteiger partial charge in [-0.3, -0.25) is 4.79 Å². The molecule has 0 saturated carbocycles. The molecule has 0 aromatic heterocycles. The maximum Gasteiger partial charge on any atom is 0.210 e. The summed E-state index contributed by atoms with van der Waals surface area (Å²) in [6.07, 6.45) is 0.299. The van der Waals surface area contributed by atoms with Gasteiger partial charge in [-0.25, -0.2) is 0 Å². The first kappa shape index (κ1) is 9.49.